The van der Waals surface area contributed by atoms with Gasteiger partial charge in [0.2, 0.25) is 0 Å². The molecule has 1 radical (unpaired) electrons. The summed E-state index contributed by atoms with van der Waals surface area (Å²) in [6.45, 7) is 1.60. The summed E-state index contributed by atoms with van der Waals surface area (Å²) >= 11 is 0. The molecular formula is C13H9N2O4. The number of non-ortho nitro benzene ring substituents is 1. The highest BCUT2D eigenvalue weighted by atomic mass is 16.6. The van der Waals surface area contributed by atoms with E-state index in [-0.39, 0.29) is 11.4 Å². The molecule has 19 heavy (non-hydrogen) atoms. The lowest BCUT2D eigenvalue weighted by atomic mass is 9.99. The van der Waals surface area contributed by atoms with E-state index in [9.17, 15) is 20.2 Å². The summed E-state index contributed by atoms with van der Waals surface area (Å²) in [7, 11) is 0. The van der Waals surface area contributed by atoms with Crippen molar-refractivity contribution in [3.05, 3.63) is 68.3 Å². The molecule has 6 nitrogen and oxygen atoms in total. The summed E-state index contributed by atoms with van der Waals surface area (Å²) < 4.78 is 0. The van der Waals surface area contributed by atoms with Gasteiger partial charge in [-0.2, -0.15) is 0 Å². The van der Waals surface area contributed by atoms with Gasteiger partial charge in [-0.25, -0.2) is 0 Å². The van der Waals surface area contributed by atoms with E-state index in [2.05, 4.69) is 6.07 Å². The molecule has 0 aliphatic heterocycles. The van der Waals surface area contributed by atoms with Gasteiger partial charge in [-0.15, -0.1) is 0 Å². The van der Waals surface area contributed by atoms with Crippen LogP contribution in [0.1, 0.15) is 5.56 Å². The van der Waals surface area contributed by atoms with Crippen LogP contribution in [0.3, 0.4) is 0 Å². The van der Waals surface area contributed by atoms with Gasteiger partial charge in [0.05, 0.1) is 9.85 Å². The summed E-state index contributed by atoms with van der Waals surface area (Å²) in [5.41, 5.74) is 1.39. The fraction of sp³-hybridized carbons (Fsp3) is 0.0769. The Bertz CT molecular complexity index is 667. The van der Waals surface area contributed by atoms with Crippen molar-refractivity contribution in [1.82, 2.24) is 0 Å². The third-order valence-electron chi connectivity index (χ3n) is 2.77. The smallest absolute Gasteiger partial charge is 0.258 e. The van der Waals surface area contributed by atoms with Crippen molar-refractivity contribution in [2.45, 2.75) is 6.92 Å². The van der Waals surface area contributed by atoms with Crippen molar-refractivity contribution in [2.75, 3.05) is 0 Å². The van der Waals surface area contributed by atoms with Crippen LogP contribution in [-0.4, -0.2) is 9.85 Å². The van der Waals surface area contributed by atoms with Crippen LogP contribution in [0.5, 0.6) is 0 Å². The average Bonchev–Trinajstić information content (AvgIpc) is 2.38. The monoisotopic (exact) mass is 257 g/mol. The third kappa shape index (κ3) is 2.42. The van der Waals surface area contributed by atoms with E-state index < -0.39 is 9.85 Å². The fourth-order valence-electron chi connectivity index (χ4n) is 1.84. The second-order valence-electron chi connectivity index (χ2n) is 3.93. The van der Waals surface area contributed by atoms with E-state index in [4.69, 9.17) is 0 Å². The first-order valence-corrected chi connectivity index (χ1v) is 5.41. The van der Waals surface area contributed by atoms with E-state index in [1.54, 1.807) is 19.1 Å². The number of nitro benzene ring substituents is 2. The number of benzene rings is 2. The number of hydrogen-bond acceptors (Lipinski definition) is 4. The number of nitro groups is 2. The van der Waals surface area contributed by atoms with Gasteiger partial charge in [0, 0.05) is 23.8 Å². The highest BCUT2D eigenvalue weighted by Crippen LogP contribution is 2.30. The Labute approximate surface area is 108 Å². The third-order valence-corrected chi connectivity index (χ3v) is 2.77. The predicted molar refractivity (Wildman–Crippen MR) is 68.8 cm³/mol. The molecule has 0 heterocycles. The molecule has 0 aromatic heterocycles. The Kier molecular flexibility index (Phi) is 3.24. The van der Waals surface area contributed by atoms with Crippen molar-refractivity contribution in [1.29, 1.82) is 0 Å². The van der Waals surface area contributed by atoms with Crippen molar-refractivity contribution in [2.24, 2.45) is 0 Å². The molecule has 2 aromatic carbocycles. The zero-order chi connectivity index (χ0) is 14.0. The lowest BCUT2D eigenvalue weighted by molar-refractivity contribution is -0.385. The maximum Gasteiger partial charge on any atom is 0.272 e. The Morgan fingerprint density at radius 1 is 1.11 bits per heavy atom. The van der Waals surface area contributed by atoms with Crippen molar-refractivity contribution in [3.63, 3.8) is 0 Å². The van der Waals surface area contributed by atoms with E-state index in [1.165, 1.54) is 24.3 Å². The minimum atomic E-state index is -0.504. The normalized spacial score (nSPS) is 10.2. The van der Waals surface area contributed by atoms with Gasteiger partial charge >= 0.3 is 0 Å². The van der Waals surface area contributed by atoms with Crippen LogP contribution in [0, 0.1) is 33.2 Å². The highest BCUT2D eigenvalue weighted by Gasteiger charge is 2.16. The summed E-state index contributed by atoms with van der Waals surface area (Å²) in [5, 5.41) is 21.6. The topological polar surface area (TPSA) is 86.3 Å². The Hall–Kier alpha value is -2.76. The van der Waals surface area contributed by atoms with Crippen LogP contribution in [0.4, 0.5) is 11.4 Å². The predicted octanol–water partition coefficient (Wildman–Crippen LogP) is 3.28. The summed E-state index contributed by atoms with van der Waals surface area (Å²) in [6.07, 6.45) is 0. The molecule has 95 valence electrons. The number of rotatable bonds is 3. The standard InChI is InChI=1S/C13H9N2O4/c1-9-12(6-3-7-13(9)15(18)19)10-4-2-5-11(8-10)14(16)17/h2-5,7-8H,1H3. The van der Waals surface area contributed by atoms with Crippen LogP contribution >= 0.6 is 0 Å². The van der Waals surface area contributed by atoms with Crippen molar-refractivity contribution >= 4 is 11.4 Å². The Balaban J connectivity index is 2.59. The molecule has 0 aliphatic rings. The van der Waals surface area contributed by atoms with E-state index >= 15 is 0 Å². The van der Waals surface area contributed by atoms with Gasteiger partial charge in [0.25, 0.3) is 11.4 Å². The molecule has 0 saturated carbocycles. The minimum Gasteiger partial charge on any atom is -0.258 e. The lowest BCUT2D eigenvalue weighted by Gasteiger charge is -2.05. The van der Waals surface area contributed by atoms with Crippen LogP contribution in [0.2, 0.25) is 0 Å². The molecule has 0 unspecified atom stereocenters. The molecule has 0 aliphatic carbocycles. The summed E-state index contributed by atoms with van der Waals surface area (Å²) in [6, 6.07) is 11.6. The maximum absolute atomic E-state index is 10.9. The van der Waals surface area contributed by atoms with E-state index in [1.807, 2.05) is 0 Å². The lowest BCUT2D eigenvalue weighted by Crippen LogP contribution is -1.94. The summed E-state index contributed by atoms with van der Waals surface area (Å²) in [4.78, 5) is 20.6. The maximum atomic E-state index is 10.9. The SMILES string of the molecule is Cc1c(-c2cccc([N+](=O)[O-])c2)[c]ccc1[N+](=O)[O-]. The number of hydrogen-bond donors (Lipinski definition) is 0. The minimum absolute atomic E-state index is 0.0275. The first-order valence-electron chi connectivity index (χ1n) is 5.41. The molecule has 0 bridgehead atoms. The van der Waals surface area contributed by atoms with Crippen LogP contribution in [0.25, 0.3) is 11.1 Å². The average molecular weight is 257 g/mol. The van der Waals surface area contributed by atoms with Crippen molar-refractivity contribution < 1.29 is 9.85 Å². The van der Waals surface area contributed by atoms with Gasteiger partial charge in [0.15, 0.2) is 0 Å². The van der Waals surface area contributed by atoms with Crippen LogP contribution < -0.4 is 0 Å². The molecule has 2 rings (SSSR count). The molecule has 0 N–H and O–H groups in total. The largest absolute Gasteiger partial charge is 0.272 e. The molecular weight excluding hydrogens is 248 g/mol. The second-order valence-corrected chi connectivity index (χ2v) is 3.93. The zero-order valence-electron chi connectivity index (χ0n) is 9.99. The van der Waals surface area contributed by atoms with Gasteiger partial charge in [0.1, 0.15) is 0 Å². The van der Waals surface area contributed by atoms with Crippen LogP contribution in [0.15, 0.2) is 36.4 Å². The second kappa shape index (κ2) is 4.85. The molecule has 0 amide bonds. The quantitative estimate of drug-likeness (QED) is 0.623. The molecule has 0 atom stereocenters. The Morgan fingerprint density at radius 3 is 2.47 bits per heavy atom. The van der Waals surface area contributed by atoms with Gasteiger partial charge in [-0.05, 0) is 30.2 Å². The first kappa shape index (κ1) is 12.7. The van der Waals surface area contributed by atoms with Gasteiger partial charge in [-0.3, -0.25) is 20.2 Å². The highest BCUT2D eigenvalue weighted by molar-refractivity contribution is 5.72. The number of nitrogens with zero attached hydrogens (tertiary/aromatic N) is 2. The fourth-order valence-corrected chi connectivity index (χ4v) is 1.84. The van der Waals surface area contributed by atoms with Crippen molar-refractivity contribution in [3.8, 4) is 11.1 Å². The molecule has 0 fully saturated rings. The zero-order valence-corrected chi connectivity index (χ0v) is 9.99. The Morgan fingerprint density at radius 2 is 1.84 bits per heavy atom. The van der Waals surface area contributed by atoms with E-state index in [0.717, 1.165) is 0 Å². The molecule has 6 heteroatoms. The first-order chi connectivity index (χ1) is 9.00. The molecule has 0 spiro atoms. The summed E-state index contributed by atoms with van der Waals surface area (Å²) in [5.74, 6) is 0. The van der Waals surface area contributed by atoms with E-state index in [0.29, 0.717) is 16.7 Å². The molecule has 2 aromatic rings. The van der Waals surface area contributed by atoms with Gasteiger partial charge in [-0.1, -0.05) is 12.1 Å². The van der Waals surface area contributed by atoms with Gasteiger partial charge < -0.3 is 0 Å². The molecule has 0 saturated heterocycles. The van der Waals surface area contributed by atoms with Crippen LogP contribution in [-0.2, 0) is 0 Å².